The molecule has 0 saturated carbocycles. The Bertz CT molecular complexity index is 1590. The predicted molar refractivity (Wildman–Crippen MR) is 332 cm³/mol. The summed E-state index contributed by atoms with van der Waals surface area (Å²) in [6, 6.07) is -0.868. The van der Waals surface area contributed by atoms with Crippen LogP contribution in [0.2, 0.25) is 0 Å². The second-order valence-electron chi connectivity index (χ2n) is 22.6. The van der Waals surface area contributed by atoms with Crippen LogP contribution >= 0.6 is 7.82 Å². The summed E-state index contributed by atoms with van der Waals surface area (Å²) in [7, 11) is 1.47. The first-order valence-electron chi connectivity index (χ1n) is 31.9. The molecule has 0 saturated heterocycles. The summed E-state index contributed by atoms with van der Waals surface area (Å²) >= 11 is 0. The van der Waals surface area contributed by atoms with Crippen molar-refractivity contribution in [2.75, 3.05) is 40.9 Å². The summed E-state index contributed by atoms with van der Waals surface area (Å²) < 4.78 is 30.7. The van der Waals surface area contributed by atoms with Crippen LogP contribution in [-0.2, 0) is 27.9 Å². The Hall–Kier alpha value is -2.81. The van der Waals surface area contributed by atoms with Crippen LogP contribution in [0.4, 0.5) is 0 Å². The fourth-order valence-electron chi connectivity index (χ4n) is 8.94. The summed E-state index contributed by atoms with van der Waals surface area (Å²) in [5.41, 5.74) is 0. The molecular formula is C67H122N2O7P+. The van der Waals surface area contributed by atoms with E-state index in [1.165, 1.54) is 148 Å². The normalized spacial score (nSPS) is 14.2. The SMILES string of the molecule is CC/C=C\C/C=C\C/C=C\C/C=C\C/C=C\C/C=C\CCCCC(=O)OC(/C=C/CCCCCCCCCCC)C(COP(=O)(O)OCC[N+](C)(C)C)NC(=O)CCCCCCCCCCCCCCCCCCCCC. The molecule has 0 aromatic carbocycles. The van der Waals surface area contributed by atoms with Gasteiger partial charge in [0.05, 0.1) is 33.8 Å². The molecule has 77 heavy (non-hydrogen) atoms. The number of carbonyl (C=O) groups excluding carboxylic acids is 2. The predicted octanol–water partition coefficient (Wildman–Crippen LogP) is 19.8. The van der Waals surface area contributed by atoms with Gasteiger partial charge in [0.15, 0.2) is 0 Å². The lowest BCUT2D eigenvalue weighted by atomic mass is 10.0. The number of unbranched alkanes of at least 4 members (excludes halogenated alkanes) is 29. The van der Waals surface area contributed by atoms with Gasteiger partial charge in [0, 0.05) is 12.8 Å². The van der Waals surface area contributed by atoms with Crippen molar-refractivity contribution in [3.63, 3.8) is 0 Å². The number of hydrogen-bond donors (Lipinski definition) is 2. The molecule has 3 unspecified atom stereocenters. The zero-order valence-corrected chi connectivity index (χ0v) is 51.8. The van der Waals surface area contributed by atoms with E-state index >= 15 is 0 Å². The fourth-order valence-corrected chi connectivity index (χ4v) is 9.68. The number of phosphoric acid groups is 1. The Morgan fingerprint density at radius 3 is 1.26 bits per heavy atom. The molecule has 446 valence electrons. The van der Waals surface area contributed by atoms with E-state index in [0.717, 1.165) is 89.9 Å². The van der Waals surface area contributed by atoms with Crippen LogP contribution in [0.5, 0.6) is 0 Å². The van der Waals surface area contributed by atoms with Crippen LogP contribution in [0.25, 0.3) is 0 Å². The van der Waals surface area contributed by atoms with Crippen molar-refractivity contribution in [3.05, 3.63) is 85.1 Å². The van der Waals surface area contributed by atoms with Crippen molar-refractivity contribution in [2.24, 2.45) is 0 Å². The van der Waals surface area contributed by atoms with Crippen LogP contribution in [0.15, 0.2) is 85.1 Å². The number of amides is 1. The first-order valence-corrected chi connectivity index (χ1v) is 33.4. The van der Waals surface area contributed by atoms with Gasteiger partial charge in [0.2, 0.25) is 5.91 Å². The second kappa shape index (κ2) is 56.5. The van der Waals surface area contributed by atoms with Gasteiger partial charge >= 0.3 is 13.8 Å². The van der Waals surface area contributed by atoms with Crippen molar-refractivity contribution in [1.29, 1.82) is 0 Å². The van der Waals surface area contributed by atoms with Crippen LogP contribution in [-0.4, -0.2) is 74.3 Å². The Labute approximate surface area is 476 Å². The number of nitrogens with one attached hydrogen (secondary N) is 1. The molecular weight excluding hydrogens is 976 g/mol. The van der Waals surface area contributed by atoms with E-state index in [9.17, 15) is 19.0 Å². The minimum atomic E-state index is -4.46. The van der Waals surface area contributed by atoms with Crippen molar-refractivity contribution in [3.8, 4) is 0 Å². The smallest absolute Gasteiger partial charge is 0.456 e. The van der Waals surface area contributed by atoms with Gasteiger partial charge in [0.25, 0.3) is 0 Å². The number of ether oxygens (including phenoxy) is 1. The quantitative estimate of drug-likeness (QED) is 0.0205. The van der Waals surface area contributed by atoms with Gasteiger partial charge in [-0.25, -0.2) is 4.57 Å². The zero-order chi connectivity index (χ0) is 56.4. The van der Waals surface area contributed by atoms with Crippen molar-refractivity contribution in [1.82, 2.24) is 5.32 Å². The topological polar surface area (TPSA) is 111 Å². The van der Waals surface area contributed by atoms with Gasteiger partial charge in [-0.2, -0.15) is 0 Å². The van der Waals surface area contributed by atoms with E-state index in [1.807, 2.05) is 33.3 Å². The summed E-state index contributed by atoms with van der Waals surface area (Å²) in [5.74, 6) is -0.552. The van der Waals surface area contributed by atoms with Gasteiger partial charge in [-0.1, -0.05) is 267 Å². The molecule has 0 heterocycles. The number of esters is 1. The molecule has 0 rings (SSSR count). The maximum Gasteiger partial charge on any atom is 0.472 e. The van der Waals surface area contributed by atoms with Gasteiger partial charge in [0.1, 0.15) is 19.3 Å². The van der Waals surface area contributed by atoms with Crippen molar-refractivity contribution >= 4 is 19.7 Å². The van der Waals surface area contributed by atoms with E-state index in [-0.39, 0.29) is 31.5 Å². The highest BCUT2D eigenvalue weighted by Gasteiger charge is 2.30. The number of quaternary nitrogens is 1. The first-order chi connectivity index (χ1) is 37.4. The third kappa shape index (κ3) is 57.7. The minimum Gasteiger partial charge on any atom is -0.456 e. The zero-order valence-electron chi connectivity index (χ0n) is 50.9. The number of rotatable bonds is 57. The molecule has 0 aliphatic heterocycles. The molecule has 3 atom stereocenters. The van der Waals surface area contributed by atoms with E-state index in [1.54, 1.807) is 0 Å². The maximum atomic E-state index is 13.6. The molecule has 9 nitrogen and oxygen atoms in total. The molecule has 0 radical (unpaired) electrons. The van der Waals surface area contributed by atoms with E-state index in [0.29, 0.717) is 23.9 Å². The largest absolute Gasteiger partial charge is 0.472 e. The lowest BCUT2D eigenvalue weighted by molar-refractivity contribution is -0.870. The number of carbonyl (C=O) groups is 2. The molecule has 0 spiro atoms. The lowest BCUT2D eigenvalue weighted by Crippen LogP contribution is -2.47. The van der Waals surface area contributed by atoms with Gasteiger partial charge < -0.3 is 19.4 Å². The van der Waals surface area contributed by atoms with E-state index in [4.69, 9.17) is 13.8 Å². The van der Waals surface area contributed by atoms with E-state index < -0.39 is 20.0 Å². The molecule has 1 amide bonds. The van der Waals surface area contributed by atoms with Gasteiger partial charge in [-0.15, -0.1) is 0 Å². The maximum absolute atomic E-state index is 13.6. The molecule has 10 heteroatoms. The molecule has 0 bridgehead atoms. The number of phosphoric ester groups is 1. The average Bonchev–Trinajstić information content (AvgIpc) is 3.39. The van der Waals surface area contributed by atoms with Crippen LogP contribution in [0.3, 0.4) is 0 Å². The molecule has 0 aliphatic rings. The highest BCUT2D eigenvalue weighted by atomic mass is 31.2. The van der Waals surface area contributed by atoms with Gasteiger partial charge in [-0.05, 0) is 83.1 Å². The summed E-state index contributed by atoms with van der Waals surface area (Å²) in [6.45, 7) is 6.88. The Morgan fingerprint density at radius 1 is 0.468 bits per heavy atom. The monoisotopic (exact) mass is 1100 g/mol. The molecule has 2 N–H and O–H groups in total. The van der Waals surface area contributed by atoms with Crippen LogP contribution in [0, 0.1) is 0 Å². The third-order valence-electron chi connectivity index (χ3n) is 13.8. The van der Waals surface area contributed by atoms with Crippen LogP contribution < -0.4 is 5.32 Å². The summed E-state index contributed by atoms with van der Waals surface area (Å²) in [6.07, 6.45) is 74.5. The standard InChI is InChI=1S/C67H121N2O7P/c1-7-10-13-16-19-22-25-27-29-31-33-34-36-38-40-42-45-48-51-54-57-60-67(71)76-65(58-55-52-49-46-43-24-21-18-15-12-9-3)64(63-75-77(72,73)74-62-61-69(4,5)6)68-66(70)59-56-53-50-47-44-41-39-37-35-32-30-28-26-23-20-17-14-11-8-2/h10,13,19,22,27,29,33-34,38,40,45,48,55,58,64-65H,7-9,11-12,14-18,20-21,23-26,28,30-32,35-37,39,41-44,46-47,49-54,56-57,59-63H2,1-6H3,(H-,68,70,72,73)/p+1/b13-10-,22-19-,29-27-,34-33-,40-38-,48-45-,58-55+. The molecule has 0 aliphatic carbocycles. The highest BCUT2D eigenvalue weighted by Crippen LogP contribution is 2.43. The first kappa shape index (κ1) is 74.2. The molecule has 0 aromatic rings. The fraction of sp³-hybridized carbons (Fsp3) is 0.761. The third-order valence-corrected chi connectivity index (χ3v) is 14.8. The van der Waals surface area contributed by atoms with Crippen molar-refractivity contribution in [2.45, 2.75) is 290 Å². The Kier molecular flexibility index (Phi) is 54.4. The summed E-state index contributed by atoms with van der Waals surface area (Å²) in [4.78, 5) is 37.7. The number of hydrogen-bond acceptors (Lipinski definition) is 6. The highest BCUT2D eigenvalue weighted by molar-refractivity contribution is 7.47. The molecule has 0 fully saturated rings. The molecule has 0 aromatic heterocycles. The van der Waals surface area contributed by atoms with E-state index in [2.05, 4.69) is 99.0 Å². The Balaban J connectivity index is 5.26. The van der Waals surface area contributed by atoms with Gasteiger partial charge in [-0.3, -0.25) is 18.6 Å². The summed E-state index contributed by atoms with van der Waals surface area (Å²) in [5, 5.41) is 3.05. The number of allylic oxidation sites excluding steroid dienone is 13. The average molecular weight is 1100 g/mol. The lowest BCUT2D eigenvalue weighted by Gasteiger charge is -2.27. The number of likely N-dealkylation sites (N-methyl/N-ethyl adjacent to an activating group) is 1. The van der Waals surface area contributed by atoms with Crippen molar-refractivity contribution < 1.29 is 37.3 Å². The number of nitrogens with zero attached hydrogens (tertiary/aromatic N) is 1. The second-order valence-corrected chi connectivity index (χ2v) is 24.0. The minimum absolute atomic E-state index is 0.0311. The Morgan fingerprint density at radius 2 is 0.831 bits per heavy atom. The van der Waals surface area contributed by atoms with Crippen LogP contribution in [0.1, 0.15) is 278 Å².